The number of fused-ring (bicyclic) bond motifs is 1. The van der Waals surface area contributed by atoms with Gasteiger partial charge in [0.05, 0.1) is 10.5 Å². The Hall–Kier alpha value is -1.95. The Morgan fingerprint density at radius 1 is 1.33 bits per heavy atom. The minimum Gasteiger partial charge on any atom is -0.346 e. The van der Waals surface area contributed by atoms with Crippen molar-refractivity contribution in [3.05, 3.63) is 57.9 Å². The number of hydrogen-bond donors (Lipinski definition) is 1. The maximum atomic E-state index is 13.6. The summed E-state index contributed by atoms with van der Waals surface area (Å²) in [4.78, 5) is 4.42. The van der Waals surface area contributed by atoms with Crippen molar-refractivity contribution in [3.63, 3.8) is 0 Å². The van der Waals surface area contributed by atoms with Crippen molar-refractivity contribution in [2.75, 3.05) is 5.32 Å². The molecule has 4 nitrogen and oxygen atoms in total. The molecule has 0 saturated carbocycles. The highest BCUT2D eigenvalue weighted by Crippen LogP contribution is 2.21. The standard InChI is InChI=1S/C15H14BrFN4/c1-9-5-6-11(8-13(9)17)10(2)18-15-19-14-12(16)4-3-7-21(14)20-15/h3-8,10H,1-2H3,(H,18,20). The molecule has 1 unspecified atom stereocenters. The Morgan fingerprint density at radius 2 is 2.14 bits per heavy atom. The SMILES string of the molecule is Cc1ccc(C(C)Nc2nc3c(Br)cccn3n2)cc1F. The summed E-state index contributed by atoms with van der Waals surface area (Å²) in [7, 11) is 0. The van der Waals surface area contributed by atoms with Crippen LogP contribution in [-0.4, -0.2) is 14.6 Å². The largest absolute Gasteiger partial charge is 0.346 e. The molecular formula is C15H14BrFN4. The molecule has 0 aliphatic heterocycles. The zero-order valence-corrected chi connectivity index (χ0v) is 13.2. The molecule has 0 radical (unpaired) electrons. The molecule has 21 heavy (non-hydrogen) atoms. The van der Waals surface area contributed by atoms with E-state index in [2.05, 4.69) is 31.3 Å². The van der Waals surface area contributed by atoms with E-state index in [1.807, 2.05) is 31.3 Å². The molecule has 0 aliphatic rings. The zero-order valence-electron chi connectivity index (χ0n) is 11.6. The molecule has 2 aromatic heterocycles. The van der Waals surface area contributed by atoms with Crippen LogP contribution in [0.2, 0.25) is 0 Å². The fourth-order valence-electron chi connectivity index (χ4n) is 2.09. The molecule has 0 spiro atoms. The summed E-state index contributed by atoms with van der Waals surface area (Å²) >= 11 is 3.44. The van der Waals surface area contributed by atoms with Crippen molar-refractivity contribution >= 4 is 27.5 Å². The minimum atomic E-state index is -0.202. The fraction of sp³-hybridized carbons (Fsp3) is 0.200. The van der Waals surface area contributed by atoms with Crippen molar-refractivity contribution < 1.29 is 4.39 Å². The lowest BCUT2D eigenvalue weighted by Gasteiger charge is -2.13. The molecule has 0 amide bonds. The van der Waals surface area contributed by atoms with Crippen LogP contribution in [0.5, 0.6) is 0 Å². The molecular weight excluding hydrogens is 335 g/mol. The quantitative estimate of drug-likeness (QED) is 0.774. The zero-order chi connectivity index (χ0) is 15.0. The Labute approximate surface area is 130 Å². The average molecular weight is 349 g/mol. The van der Waals surface area contributed by atoms with Crippen LogP contribution in [0.25, 0.3) is 5.65 Å². The Bertz CT molecular complexity index is 799. The second-order valence-corrected chi connectivity index (χ2v) is 5.79. The van der Waals surface area contributed by atoms with Crippen molar-refractivity contribution in [3.8, 4) is 0 Å². The number of nitrogens with zero attached hydrogens (tertiary/aromatic N) is 3. The van der Waals surface area contributed by atoms with Gasteiger partial charge in [-0.05, 0) is 59.1 Å². The molecule has 1 aromatic carbocycles. The third-order valence-corrected chi connectivity index (χ3v) is 3.98. The predicted molar refractivity (Wildman–Crippen MR) is 83.9 cm³/mol. The Balaban J connectivity index is 1.87. The molecule has 0 aliphatic carbocycles. The summed E-state index contributed by atoms with van der Waals surface area (Å²) in [6.45, 7) is 3.70. The summed E-state index contributed by atoms with van der Waals surface area (Å²) in [5.74, 6) is 0.308. The van der Waals surface area contributed by atoms with Crippen LogP contribution in [0.15, 0.2) is 41.0 Å². The monoisotopic (exact) mass is 348 g/mol. The van der Waals surface area contributed by atoms with Crippen LogP contribution in [0, 0.1) is 12.7 Å². The van der Waals surface area contributed by atoms with E-state index in [1.54, 1.807) is 23.6 Å². The second-order valence-electron chi connectivity index (χ2n) is 4.93. The topological polar surface area (TPSA) is 42.2 Å². The second kappa shape index (κ2) is 5.44. The van der Waals surface area contributed by atoms with Gasteiger partial charge in [0.15, 0.2) is 5.65 Å². The van der Waals surface area contributed by atoms with E-state index in [0.29, 0.717) is 11.5 Å². The normalized spacial score (nSPS) is 12.6. The summed E-state index contributed by atoms with van der Waals surface area (Å²) in [6.07, 6.45) is 1.83. The number of aryl methyl sites for hydroxylation is 1. The lowest BCUT2D eigenvalue weighted by molar-refractivity contribution is 0.614. The number of nitrogens with one attached hydrogen (secondary N) is 1. The van der Waals surface area contributed by atoms with Gasteiger partial charge in [-0.2, -0.15) is 4.98 Å². The van der Waals surface area contributed by atoms with Crippen molar-refractivity contribution in [2.24, 2.45) is 0 Å². The molecule has 0 saturated heterocycles. The van der Waals surface area contributed by atoms with E-state index in [-0.39, 0.29) is 11.9 Å². The highest BCUT2D eigenvalue weighted by molar-refractivity contribution is 9.10. The number of hydrogen-bond acceptors (Lipinski definition) is 3. The van der Waals surface area contributed by atoms with Gasteiger partial charge in [-0.15, -0.1) is 5.10 Å². The van der Waals surface area contributed by atoms with Crippen LogP contribution >= 0.6 is 15.9 Å². The van der Waals surface area contributed by atoms with Gasteiger partial charge in [0, 0.05) is 6.20 Å². The maximum Gasteiger partial charge on any atom is 0.243 e. The third-order valence-electron chi connectivity index (χ3n) is 3.36. The highest BCUT2D eigenvalue weighted by atomic mass is 79.9. The molecule has 1 atom stereocenters. The first kappa shape index (κ1) is 14.0. The molecule has 6 heteroatoms. The van der Waals surface area contributed by atoms with Crippen molar-refractivity contribution in [1.82, 2.24) is 14.6 Å². The molecule has 0 fully saturated rings. The van der Waals surface area contributed by atoms with Gasteiger partial charge < -0.3 is 5.32 Å². The van der Waals surface area contributed by atoms with E-state index >= 15 is 0 Å². The van der Waals surface area contributed by atoms with Gasteiger partial charge in [0.25, 0.3) is 0 Å². The van der Waals surface area contributed by atoms with Crippen molar-refractivity contribution in [2.45, 2.75) is 19.9 Å². The highest BCUT2D eigenvalue weighted by Gasteiger charge is 2.11. The summed E-state index contributed by atoms with van der Waals surface area (Å²) < 4.78 is 16.2. The Kier molecular flexibility index (Phi) is 3.63. The number of anilines is 1. The third kappa shape index (κ3) is 2.76. The lowest BCUT2D eigenvalue weighted by atomic mass is 10.1. The lowest BCUT2D eigenvalue weighted by Crippen LogP contribution is -2.08. The average Bonchev–Trinajstić information content (AvgIpc) is 2.86. The van der Waals surface area contributed by atoms with E-state index in [9.17, 15) is 4.39 Å². The van der Waals surface area contributed by atoms with Gasteiger partial charge in [0.2, 0.25) is 5.95 Å². The molecule has 3 aromatic rings. The van der Waals surface area contributed by atoms with E-state index < -0.39 is 0 Å². The van der Waals surface area contributed by atoms with Gasteiger partial charge in [-0.3, -0.25) is 0 Å². The number of aromatic nitrogens is 3. The molecule has 2 heterocycles. The summed E-state index contributed by atoms with van der Waals surface area (Å²) in [5.41, 5.74) is 2.24. The maximum absolute atomic E-state index is 13.6. The first-order valence-electron chi connectivity index (χ1n) is 6.58. The van der Waals surface area contributed by atoms with Gasteiger partial charge in [-0.25, -0.2) is 8.91 Å². The van der Waals surface area contributed by atoms with Crippen LogP contribution in [0.4, 0.5) is 10.3 Å². The fourth-order valence-corrected chi connectivity index (χ4v) is 2.51. The van der Waals surface area contributed by atoms with E-state index in [4.69, 9.17) is 0 Å². The summed E-state index contributed by atoms with van der Waals surface area (Å²) in [5, 5.41) is 7.54. The molecule has 3 rings (SSSR count). The Morgan fingerprint density at radius 3 is 2.86 bits per heavy atom. The van der Waals surface area contributed by atoms with Crippen molar-refractivity contribution in [1.29, 1.82) is 0 Å². The van der Waals surface area contributed by atoms with E-state index in [1.165, 1.54) is 0 Å². The van der Waals surface area contributed by atoms with Crippen LogP contribution in [0.3, 0.4) is 0 Å². The van der Waals surface area contributed by atoms with Gasteiger partial charge in [-0.1, -0.05) is 12.1 Å². The van der Waals surface area contributed by atoms with E-state index in [0.717, 1.165) is 15.7 Å². The van der Waals surface area contributed by atoms with Crippen LogP contribution in [0.1, 0.15) is 24.1 Å². The van der Waals surface area contributed by atoms with Crippen LogP contribution < -0.4 is 5.32 Å². The predicted octanol–water partition coefficient (Wildman–Crippen LogP) is 4.11. The number of benzene rings is 1. The first-order chi connectivity index (χ1) is 10.0. The smallest absolute Gasteiger partial charge is 0.243 e. The van der Waals surface area contributed by atoms with Gasteiger partial charge >= 0.3 is 0 Å². The number of pyridine rings is 1. The molecule has 108 valence electrons. The molecule has 1 N–H and O–H groups in total. The number of rotatable bonds is 3. The number of halogens is 2. The van der Waals surface area contributed by atoms with Crippen LogP contribution in [-0.2, 0) is 0 Å². The minimum absolute atomic E-state index is 0.0868. The molecule has 0 bridgehead atoms. The van der Waals surface area contributed by atoms with Gasteiger partial charge in [0.1, 0.15) is 5.82 Å². The first-order valence-corrected chi connectivity index (χ1v) is 7.37. The summed E-state index contributed by atoms with van der Waals surface area (Å²) in [6, 6.07) is 8.93.